The lowest BCUT2D eigenvalue weighted by molar-refractivity contribution is -0.129. The van der Waals surface area contributed by atoms with Crippen molar-refractivity contribution in [3.63, 3.8) is 0 Å². The van der Waals surface area contributed by atoms with E-state index < -0.39 is 0 Å². The SMILES string of the molecule is Cc1cccc(OCCCCn2c(C3CC(=O)N(C(C)c4ccccc4)C3)nc3ccccc32)c1. The molecule has 1 amide bonds. The zero-order chi connectivity index (χ0) is 24.2. The van der Waals surface area contributed by atoms with E-state index in [1.807, 2.05) is 41.3 Å². The number of imidazole rings is 1. The van der Waals surface area contributed by atoms with E-state index in [1.54, 1.807) is 0 Å². The highest BCUT2D eigenvalue weighted by molar-refractivity contribution is 5.81. The molecule has 0 radical (unpaired) electrons. The van der Waals surface area contributed by atoms with Crippen molar-refractivity contribution in [3.8, 4) is 5.75 Å². The van der Waals surface area contributed by atoms with E-state index in [1.165, 1.54) is 11.1 Å². The monoisotopic (exact) mass is 467 g/mol. The first kappa shape index (κ1) is 23.2. The predicted molar refractivity (Wildman–Crippen MR) is 140 cm³/mol. The van der Waals surface area contributed by atoms with E-state index in [-0.39, 0.29) is 17.9 Å². The van der Waals surface area contributed by atoms with Gasteiger partial charge in [0.25, 0.3) is 0 Å². The van der Waals surface area contributed by atoms with Crippen molar-refractivity contribution in [2.75, 3.05) is 13.2 Å². The van der Waals surface area contributed by atoms with Crippen molar-refractivity contribution in [1.29, 1.82) is 0 Å². The minimum absolute atomic E-state index is 0.0605. The topological polar surface area (TPSA) is 47.4 Å². The molecule has 2 unspecified atom stereocenters. The summed E-state index contributed by atoms with van der Waals surface area (Å²) in [6.07, 6.45) is 2.46. The summed E-state index contributed by atoms with van der Waals surface area (Å²) in [6, 6.07) is 26.8. The molecule has 3 aromatic carbocycles. The number of ether oxygens (including phenoxy) is 1. The van der Waals surface area contributed by atoms with E-state index in [0.717, 1.165) is 42.0 Å². The Kier molecular flexibility index (Phi) is 6.84. The Balaban J connectivity index is 1.28. The van der Waals surface area contributed by atoms with Gasteiger partial charge in [0.2, 0.25) is 5.91 Å². The lowest BCUT2D eigenvalue weighted by Gasteiger charge is -2.25. The Morgan fingerprint density at radius 3 is 2.63 bits per heavy atom. The first-order valence-electron chi connectivity index (χ1n) is 12.6. The van der Waals surface area contributed by atoms with Gasteiger partial charge in [0.1, 0.15) is 11.6 Å². The summed E-state index contributed by atoms with van der Waals surface area (Å²) >= 11 is 0. The molecule has 1 aromatic heterocycles. The molecule has 1 saturated heterocycles. The Bertz CT molecular complexity index is 1300. The third-order valence-corrected chi connectivity index (χ3v) is 6.99. The maximum atomic E-state index is 13.0. The molecule has 35 heavy (non-hydrogen) atoms. The fourth-order valence-electron chi connectivity index (χ4n) is 5.10. The summed E-state index contributed by atoms with van der Waals surface area (Å²) in [5.74, 6) is 2.26. The number of aromatic nitrogens is 2. The molecule has 0 aliphatic carbocycles. The number of benzene rings is 3. The smallest absolute Gasteiger partial charge is 0.223 e. The number of para-hydroxylation sites is 2. The quantitative estimate of drug-likeness (QED) is 0.272. The van der Waals surface area contributed by atoms with Gasteiger partial charge in [0.05, 0.1) is 23.7 Å². The van der Waals surface area contributed by atoms with Gasteiger partial charge in [-0.25, -0.2) is 4.98 Å². The molecule has 5 rings (SSSR count). The molecule has 4 aromatic rings. The predicted octanol–water partition coefficient (Wildman–Crippen LogP) is 6.28. The molecule has 0 N–H and O–H groups in total. The van der Waals surface area contributed by atoms with Gasteiger partial charge in [-0.05, 0) is 62.1 Å². The summed E-state index contributed by atoms with van der Waals surface area (Å²) in [6.45, 7) is 6.46. The third kappa shape index (κ3) is 5.09. The number of carbonyl (C=O) groups excluding carboxylic acids is 1. The molecule has 1 aliphatic rings. The molecular weight excluding hydrogens is 434 g/mol. The molecule has 1 fully saturated rings. The summed E-state index contributed by atoms with van der Waals surface area (Å²) < 4.78 is 8.27. The fraction of sp³-hybridized carbons (Fsp3) is 0.333. The average molecular weight is 468 g/mol. The average Bonchev–Trinajstić information content (AvgIpc) is 3.44. The standard InChI is InChI=1S/C30H33N3O2/c1-22-11-10-14-26(19-22)35-18-9-8-17-32-28-16-7-6-15-27(28)31-30(32)25-20-29(34)33(21-25)23(2)24-12-4-3-5-13-24/h3-7,10-16,19,23,25H,8-9,17-18,20-21H2,1-2H3. The first-order chi connectivity index (χ1) is 17.1. The molecule has 1 aliphatic heterocycles. The molecule has 2 atom stereocenters. The Morgan fingerprint density at radius 2 is 1.80 bits per heavy atom. The van der Waals surface area contributed by atoms with Gasteiger partial charge in [-0.1, -0.05) is 54.6 Å². The van der Waals surface area contributed by atoms with Crippen molar-refractivity contribution in [2.45, 2.75) is 51.6 Å². The van der Waals surface area contributed by atoms with Crippen LogP contribution < -0.4 is 4.74 Å². The van der Waals surface area contributed by atoms with Gasteiger partial charge in [-0.2, -0.15) is 0 Å². The van der Waals surface area contributed by atoms with Gasteiger partial charge < -0.3 is 14.2 Å². The number of nitrogens with zero attached hydrogens (tertiary/aromatic N) is 3. The summed E-state index contributed by atoms with van der Waals surface area (Å²) in [5, 5.41) is 0. The number of hydrogen-bond donors (Lipinski definition) is 0. The normalized spacial score (nSPS) is 16.7. The minimum atomic E-state index is 0.0605. The van der Waals surface area contributed by atoms with Gasteiger partial charge in [0.15, 0.2) is 0 Å². The molecule has 180 valence electrons. The highest BCUT2D eigenvalue weighted by Gasteiger charge is 2.36. The Labute approximate surface area is 207 Å². The van der Waals surface area contributed by atoms with Crippen LogP contribution in [0.1, 0.15) is 55.1 Å². The van der Waals surface area contributed by atoms with Crippen LogP contribution in [0.4, 0.5) is 0 Å². The molecule has 0 saturated carbocycles. The molecule has 0 spiro atoms. The number of hydrogen-bond acceptors (Lipinski definition) is 3. The van der Waals surface area contributed by atoms with E-state index in [9.17, 15) is 4.79 Å². The third-order valence-electron chi connectivity index (χ3n) is 6.99. The van der Waals surface area contributed by atoms with E-state index in [0.29, 0.717) is 19.6 Å². The highest BCUT2D eigenvalue weighted by Crippen LogP contribution is 2.35. The largest absolute Gasteiger partial charge is 0.494 e. The van der Waals surface area contributed by atoms with Crippen LogP contribution in [0.25, 0.3) is 11.0 Å². The lowest BCUT2D eigenvalue weighted by atomic mass is 10.1. The highest BCUT2D eigenvalue weighted by atomic mass is 16.5. The number of rotatable bonds is 9. The van der Waals surface area contributed by atoms with Crippen molar-refractivity contribution >= 4 is 16.9 Å². The molecule has 5 heteroatoms. The van der Waals surface area contributed by atoms with Crippen LogP contribution in [0.5, 0.6) is 5.75 Å². The van der Waals surface area contributed by atoms with Gasteiger partial charge in [-0.3, -0.25) is 4.79 Å². The van der Waals surface area contributed by atoms with Crippen molar-refractivity contribution < 1.29 is 9.53 Å². The summed E-state index contributed by atoms with van der Waals surface area (Å²) in [5.41, 5.74) is 4.52. The Hall–Kier alpha value is -3.60. The second-order valence-electron chi connectivity index (χ2n) is 9.52. The number of amides is 1. The van der Waals surface area contributed by atoms with Gasteiger partial charge in [0, 0.05) is 25.4 Å². The van der Waals surface area contributed by atoms with E-state index in [4.69, 9.17) is 9.72 Å². The maximum Gasteiger partial charge on any atom is 0.223 e. The van der Waals surface area contributed by atoms with Crippen LogP contribution in [0.2, 0.25) is 0 Å². The van der Waals surface area contributed by atoms with Crippen LogP contribution in [0.3, 0.4) is 0 Å². The molecule has 2 heterocycles. The number of fused-ring (bicyclic) bond motifs is 1. The number of unbranched alkanes of at least 4 members (excludes halogenated alkanes) is 1. The van der Waals surface area contributed by atoms with Gasteiger partial charge in [-0.15, -0.1) is 0 Å². The zero-order valence-electron chi connectivity index (χ0n) is 20.6. The van der Waals surface area contributed by atoms with Crippen molar-refractivity contribution in [3.05, 3.63) is 95.8 Å². The number of aryl methyl sites for hydroxylation is 2. The van der Waals surface area contributed by atoms with Crippen LogP contribution in [0, 0.1) is 6.92 Å². The first-order valence-corrected chi connectivity index (χ1v) is 12.6. The molecular formula is C30H33N3O2. The number of carbonyl (C=O) groups is 1. The molecule has 5 nitrogen and oxygen atoms in total. The second-order valence-corrected chi connectivity index (χ2v) is 9.52. The van der Waals surface area contributed by atoms with Crippen LogP contribution in [-0.2, 0) is 11.3 Å². The van der Waals surface area contributed by atoms with Crippen molar-refractivity contribution in [1.82, 2.24) is 14.5 Å². The minimum Gasteiger partial charge on any atom is -0.494 e. The summed E-state index contributed by atoms with van der Waals surface area (Å²) in [7, 11) is 0. The Morgan fingerprint density at radius 1 is 1.00 bits per heavy atom. The van der Waals surface area contributed by atoms with Crippen molar-refractivity contribution in [2.24, 2.45) is 0 Å². The maximum absolute atomic E-state index is 13.0. The van der Waals surface area contributed by atoms with E-state index in [2.05, 4.69) is 60.9 Å². The van der Waals surface area contributed by atoms with Crippen LogP contribution in [0.15, 0.2) is 78.9 Å². The lowest BCUT2D eigenvalue weighted by Crippen LogP contribution is -2.28. The van der Waals surface area contributed by atoms with Crippen LogP contribution in [-0.4, -0.2) is 33.5 Å². The summed E-state index contributed by atoms with van der Waals surface area (Å²) in [4.78, 5) is 20.0. The second kappa shape index (κ2) is 10.3. The van der Waals surface area contributed by atoms with E-state index >= 15 is 0 Å². The fourth-order valence-corrected chi connectivity index (χ4v) is 5.10. The zero-order valence-corrected chi connectivity index (χ0v) is 20.6. The van der Waals surface area contributed by atoms with Gasteiger partial charge >= 0.3 is 0 Å². The number of likely N-dealkylation sites (tertiary alicyclic amines) is 1. The van der Waals surface area contributed by atoms with Crippen LogP contribution >= 0.6 is 0 Å². The molecule has 0 bridgehead atoms.